The van der Waals surface area contributed by atoms with Crippen molar-refractivity contribution in [3.63, 3.8) is 0 Å². The number of quaternary nitrogens is 1. The van der Waals surface area contributed by atoms with E-state index in [9.17, 15) is 0 Å². The average Bonchev–Trinajstić information content (AvgIpc) is 2.68. The van der Waals surface area contributed by atoms with Crippen LogP contribution < -0.4 is 16.2 Å². The molecule has 4 heteroatoms. The third kappa shape index (κ3) is 13.9. The lowest BCUT2D eigenvalue weighted by atomic mass is 10.1. The van der Waals surface area contributed by atoms with E-state index < -0.39 is 0 Å². The number of nitrogens with zero attached hydrogens (tertiary/aromatic N) is 1. The number of ether oxygens (including phenoxy) is 1. The number of aryl methyl sites for hydroxylation is 1. The molecule has 2 aromatic carbocycles. The largest absolute Gasteiger partial charge is 0.493 e. The summed E-state index contributed by atoms with van der Waals surface area (Å²) in [6.45, 7) is 8.09. The highest BCUT2D eigenvalue weighted by Crippen LogP contribution is 2.13. The van der Waals surface area contributed by atoms with Crippen molar-refractivity contribution in [1.29, 1.82) is 0 Å². The summed E-state index contributed by atoms with van der Waals surface area (Å²) < 4.78 is 6.57. The first-order valence-corrected chi connectivity index (χ1v) is 10.4. The van der Waals surface area contributed by atoms with Gasteiger partial charge in [0.2, 0.25) is 0 Å². The molecule has 0 unspecified atom stereocenters. The second kappa shape index (κ2) is 14.8. The van der Waals surface area contributed by atoms with Crippen LogP contribution in [0.25, 0.3) is 0 Å². The van der Waals surface area contributed by atoms with Crippen molar-refractivity contribution in [1.82, 2.24) is 0 Å². The number of hydrogen-bond donors (Lipinski definition) is 2. The van der Waals surface area contributed by atoms with Crippen LogP contribution in [0.4, 0.5) is 11.4 Å². The summed E-state index contributed by atoms with van der Waals surface area (Å²) in [7, 11) is 6.55. The van der Waals surface area contributed by atoms with E-state index in [1.54, 1.807) is 0 Å². The zero-order chi connectivity index (χ0) is 21.4. The molecule has 0 aliphatic heterocycles. The Morgan fingerprint density at radius 2 is 1.29 bits per heavy atom. The molecule has 0 fully saturated rings. The van der Waals surface area contributed by atoms with Crippen molar-refractivity contribution < 1.29 is 9.22 Å². The molecule has 0 atom stereocenters. The van der Waals surface area contributed by atoms with E-state index in [0.717, 1.165) is 41.2 Å². The van der Waals surface area contributed by atoms with Crippen LogP contribution in [-0.2, 0) is 6.42 Å². The predicted molar refractivity (Wildman–Crippen MR) is 125 cm³/mol. The fraction of sp³-hybridized carbons (Fsp3) is 0.500. The highest BCUT2D eigenvalue weighted by molar-refractivity contribution is 5.41. The van der Waals surface area contributed by atoms with Crippen molar-refractivity contribution in [3.8, 4) is 5.75 Å². The molecule has 4 nitrogen and oxygen atoms in total. The molecule has 2 aromatic rings. The van der Waals surface area contributed by atoms with Gasteiger partial charge >= 0.3 is 0 Å². The van der Waals surface area contributed by atoms with E-state index in [1.165, 1.54) is 24.8 Å². The van der Waals surface area contributed by atoms with Crippen LogP contribution in [0.5, 0.6) is 5.75 Å². The maximum absolute atomic E-state index is 5.59. The lowest BCUT2D eigenvalue weighted by Gasteiger charge is -2.23. The zero-order valence-corrected chi connectivity index (χ0v) is 18.9. The fourth-order valence-corrected chi connectivity index (χ4v) is 2.36. The highest BCUT2D eigenvalue weighted by Gasteiger charge is 2.05. The minimum atomic E-state index is 0.763. The lowest BCUT2D eigenvalue weighted by molar-refractivity contribution is -0.870. The summed E-state index contributed by atoms with van der Waals surface area (Å²) >= 11 is 0. The van der Waals surface area contributed by atoms with E-state index in [1.807, 2.05) is 50.2 Å². The predicted octanol–water partition coefficient (Wildman–Crippen LogP) is 5.38. The number of hydrogen-bond acceptors (Lipinski definition) is 3. The third-order valence-electron chi connectivity index (χ3n) is 3.92. The average molecular weight is 389 g/mol. The molecule has 28 heavy (non-hydrogen) atoms. The maximum atomic E-state index is 5.59. The third-order valence-corrected chi connectivity index (χ3v) is 3.92. The summed E-state index contributed by atoms with van der Waals surface area (Å²) in [5, 5.41) is 0. The van der Waals surface area contributed by atoms with E-state index in [4.69, 9.17) is 16.2 Å². The Kier molecular flexibility index (Phi) is 13.6. The summed E-state index contributed by atoms with van der Waals surface area (Å²) in [5.41, 5.74) is 14.1. The zero-order valence-electron chi connectivity index (χ0n) is 18.9. The molecule has 0 bridgehead atoms. The van der Waals surface area contributed by atoms with Crippen LogP contribution in [-0.4, -0.2) is 38.8 Å². The molecule has 0 aliphatic rings. The topological polar surface area (TPSA) is 61.3 Å². The molecular weight excluding hydrogens is 346 g/mol. The second-order valence-corrected chi connectivity index (χ2v) is 7.63. The molecule has 0 aliphatic carbocycles. The number of benzene rings is 2. The summed E-state index contributed by atoms with van der Waals surface area (Å²) in [4.78, 5) is 0. The smallest absolute Gasteiger partial charge is 0.119 e. The minimum absolute atomic E-state index is 0.763. The number of unbranched alkanes of at least 4 members (excludes halogenated alkanes) is 1. The normalized spacial score (nSPS) is 10.2. The van der Waals surface area contributed by atoms with Gasteiger partial charge in [-0.15, -0.1) is 0 Å². The minimum Gasteiger partial charge on any atom is -0.493 e. The summed E-state index contributed by atoms with van der Waals surface area (Å²) in [6, 6.07) is 15.7. The van der Waals surface area contributed by atoms with E-state index in [2.05, 4.69) is 40.2 Å². The molecule has 158 valence electrons. The van der Waals surface area contributed by atoms with Crippen LogP contribution in [0, 0.1) is 0 Å². The molecule has 0 spiro atoms. The fourth-order valence-electron chi connectivity index (χ4n) is 2.36. The SMILES string of the molecule is CC.CCCCc1ccc(N)cc1.C[N+](C)(C)CCCOc1ccc(N)cc1. The first kappa shape index (κ1) is 25.8. The van der Waals surface area contributed by atoms with Crippen molar-refractivity contribution in [2.75, 3.05) is 45.8 Å². The lowest BCUT2D eigenvalue weighted by Crippen LogP contribution is -2.35. The van der Waals surface area contributed by atoms with Crippen LogP contribution in [0.15, 0.2) is 48.5 Å². The number of anilines is 2. The number of nitrogens with two attached hydrogens (primary N) is 2. The van der Waals surface area contributed by atoms with Gasteiger partial charge in [-0.2, -0.15) is 0 Å². The Hall–Kier alpha value is -2.20. The van der Waals surface area contributed by atoms with Crippen molar-refractivity contribution in [2.45, 2.75) is 46.5 Å². The van der Waals surface area contributed by atoms with E-state index in [-0.39, 0.29) is 0 Å². The standard InChI is InChI=1S/C12H21N2O.C10H15N.C2H6/c1-14(2,3)9-4-10-15-12-7-5-11(13)6-8-12;1-2-3-4-9-5-7-10(11)8-6-9;1-2/h5-8H,4,9-10,13H2,1-3H3;5-8H,2-4,11H2,1H3;1-2H3/q+1;;. The van der Waals surface area contributed by atoms with Crippen LogP contribution >= 0.6 is 0 Å². The molecule has 0 radical (unpaired) electrons. The molecule has 0 saturated heterocycles. The monoisotopic (exact) mass is 388 g/mol. The molecule has 4 N–H and O–H groups in total. The van der Waals surface area contributed by atoms with Gasteiger partial charge in [-0.1, -0.05) is 39.3 Å². The van der Waals surface area contributed by atoms with Gasteiger partial charge < -0.3 is 20.7 Å². The van der Waals surface area contributed by atoms with Crippen molar-refractivity contribution in [3.05, 3.63) is 54.1 Å². The van der Waals surface area contributed by atoms with Gasteiger partial charge in [-0.25, -0.2) is 0 Å². The Morgan fingerprint density at radius 1 is 0.786 bits per heavy atom. The van der Waals surface area contributed by atoms with Gasteiger partial charge in [0, 0.05) is 17.8 Å². The second-order valence-electron chi connectivity index (χ2n) is 7.63. The number of nitrogen functional groups attached to an aromatic ring is 2. The van der Waals surface area contributed by atoms with Crippen LogP contribution in [0.2, 0.25) is 0 Å². The van der Waals surface area contributed by atoms with Gasteiger partial charge in [0.05, 0.1) is 34.3 Å². The molecular formula is C24H42N3O+. The molecule has 0 saturated carbocycles. The van der Waals surface area contributed by atoms with E-state index in [0.29, 0.717) is 0 Å². The summed E-state index contributed by atoms with van der Waals surface area (Å²) in [5.74, 6) is 0.894. The first-order valence-electron chi connectivity index (χ1n) is 10.4. The maximum Gasteiger partial charge on any atom is 0.119 e. The van der Waals surface area contributed by atoms with Gasteiger partial charge in [-0.05, 0) is 54.8 Å². The Balaban J connectivity index is 0.000000497. The molecule has 0 aromatic heterocycles. The van der Waals surface area contributed by atoms with Crippen LogP contribution in [0.1, 0.15) is 45.6 Å². The Bertz CT molecular complexity index is 601. The molecule has 0 amide bonds. The van der Waals surface area contributed by atoms with Gasteiger partial charge in [0.15, 0.2) is 0 Å². The number of rotatable bonds is 8. The summed E-state index contributed by atoms with van der Waals surface area (Å²) in [6.07, 6.45) is 4.76. The highest BCUT2D eigenvalue weighted by atomic mass is 16.5. The first-order chi connectivity index (χ1) is 13.3. The van der Waals surface area contributed by atoms with E-state index >= 15 is 0 Å². The van der Waals surface area contributed by atoms with Gasteiger partial charge in [0.25, 0.3) is 0 Å². The molecule has 2 rings (SSSR count). The van der Waals surface area contributed by atoms with Gasteiger partial charge in [-0.3, -0.25) is 0 Å². The van der Waals surface area contributed by atoms with Crippen molar-refractivity contribution in [2.24, 2.45) is 0 Å². The quantitative estimate of drug-likeness (QED) is 0.362. The van der Waals surface area contributed by atoms with Crippen molar-refractivity contribution >= 4 is 11.4 Å². The van der Waals surface area contributed by atoms with Gasteiger partial charge in [0.1, 0.15) is 5.75 Å². The Morgan fingerprint density at radius 3 is 1.75 bits per heavy atom. The Labute approximate surface area is 173 Å². The van der Waals surface area contributed by atoms with Crippen LogP contribution in [0.3, 0.4) is 0 Å². The molecule has 0 heterocycles.